The summed E-state index contributed by atoms with van der Waals surface area (Å²) < 4.78 is 10.0. The van der Waals surface area contributed by atoms with Gasteiger partial charge >= 0.3 is 0 Å². The Labute approximate surface area is 219 Å². The first-order chi connectivity index (χ1) is 18.6. The van der Waals surface area contributed by atoms with Gasteiger partial charge in [-0.3, -0.25) is 4.98 Å². The molecule has 0 bridgehead atoms. The fourth-order valence-electron chi connectivity index (χ4n) is 5.03. The number of rotatable bonds is 4. The molecule has 6 aromatic rings. The highest BCUT2D eigenvalue weighted by Gasteiger charge is 2.38. The Hall–Kier alpha value is -5.05. The van der Waals surface area contributed by atoms with E-state index in [1.807, 2.05) is 80.4 Å². The number of fused-ring (bicyclic) bond motifs is 4. The summed E-state index contributed by atoms with van der Waals surface area (Å²) in [5.41, 5.74) is 7.31. The Bertz CT molecular complexity index is 1770. The van der Waals surface area contributed by atoms with Gasteiger partial charge in [0.05, 0.1) is 28.4 Å². The van der Waals surface area contributed by atoms with E-state index in [4.69, 9.17) is 19.9 Å². The second-order valence-corrected chi connectivity index (χ2v) is 9.48. The van der Waals surface area contributed by atoms with Crippen molar-refractivity contribution < 1.29 is 4.74 Å². The van der Waals surface area contributed by atoms with E-state index in [1.54, 1.807) is 17.0 Å². The summed E-state index contributed by atoms with van der Waals surface area (Å²) in [4.78, 5) is 16.1. The zero-order valence-corrected chi connectivity index (χ0v) is 21.1. The lowest BCUT2D eigenvalue weighted by atomic mass is 9.85. The van der Waals surface area contributed by atoms with E-state index in [1.165, 1.54) is 0 Å². The monoisotopic (exact) mass is 500 g/mol. The van der Waals surface area contributed by atoms with Crippen molar-refractivity contribution in [3.05, 3.63) is 108 Å². The summed E-state index contributed by atoms with van der Waals surface area (Å²) >= 11 is 0. The molecule has 1 aliphatic rings. The number of hydrogen-bond acceptors (Lipinski definition) is 7. The SMILES string of the molecule is Cc1nn(-c2ccccc2)c2c1[C@@H](c1cccnc1)c1c(ncn3nc(-c4ccc(N(C)C)cc4)nc13)O2. The van der Waals surface area contributed by atoms with Crippen LogP contribution in [0.3, 0.4) is 0 Å². The van der Waals surface area contributed by atoms with Crippen LogP contribution in [0.2, 0.25) is 0 Å². The number of nitrogens with zero attached hydrogens (tertiary/aromatic N) is 8. The number of aryl methyl sites for hydroxylation is 1. The zero-order chi connectivity index (χ0) is 25.8. The molecule has 0 radical (unpaired) electrons. The maximum atomic E-state index is 6.48. The van der Waals surface area contributed by atoms with Gasteiger partial charge in [-0.2, -0.15) is 5.10 Å². The van der Waals surface area contributed by atoms with E-state index in [0.717, 1.165) is 39.3 Å². The lowest BCUT2D eigenvalue weighted by Crippen LogP contribution is -2.16. The quantitative estimate of drug-likeness (QED) is 0.335. The first kappa shape index (κ1) is 22.2. The van der Waals surface area contributed by atoms with Crippen molar-refractivity contribution >= 4 is 11.3 Å². The second kappa shape index (κ2) is 8.52. The smallest absolute Gasteiger partial charge is 0.230 e. The van der Waals surface area contributed by atoms with Crippen LogP contribution in [-0.4, -0.2) is 48.4 Å². The van der Waals surface area contributed by atoms with Gasteiger partial charge in [0.1, 0.15) is 6.33 Å². The summed E-state index contributed by atoms with van der Waals surface area (Å²) in [5, 5.41) is 9.64. The molecule has 1 aliphatic heterocycles. The van der Waals surface area contributed by atoms with Crippen LogP contribution in [0.25, 0.3) is 22.7 Å². The number of para-hydroxylation sites is 1. The molecule has 186 valence electrons. The standard InChI is InChI=1S/C29H24N8O/c1-18-23-24(20-8-7-15-30-16-20)25-27-32-26(19-11-13-21(14-12-19)35(2)3)34-36(27)17-31-28(25)38-29(23)37(33-18)22-9-5-4-6-10-22/h4-17,24H,1-3H3/t24-/m1/s1. The minimum absolute atomic E-state index is 0.232. The Balaban J connectivity index is 1.44. The fourth-order valence-corrected chi connectivity index (χ4v) is 5.03. The topological polar surface area (TPSA) is 86.3 Å². The van der Waals surface area contributed by atoms with Crippen molar-refractivity contribution in [2.45, 2.75) is 12.8 Å². The van der Waals surface area contributed by atoms with Crippen LogP contribution in [0.4, 0.5) is 5.69 Å². The molecule has 1 atom stereocenters. The molecule has 0 spiro atoms. The Morgan fingerprint density at radius 2 is 1.71 bits per heavy atom. The molecule has 5 heterocycles. The van der Waals surface area contributed by atoms with E-state index in [9.17, 15) is 0 Å². The van der Waals surface area contributed by atoms with Crippen LogP contribution in [0.1, 0.15) is 28.3 Å². The lowest BCUT2D eigenvalue weighted by molar-refractivity contribution is 0.402. The molecule has 0 saturated carbocycles. The average Bonchev–Trinajstić information content (AvgIpc) is 3.54. The molecule has 7 rings (SSSR count). The highest BCUT2D eigenvalue weighted by atomic mass is 16.5. The maximum Gasteiger partial charge on any atom is 0.230 e. The van der Waals surface area contributed by atoms with Crippen molar-refractivity contribution in [2.24, 2.45) is 0 Å². The van der Waals surface area contributed by atoms with Crippen LogP contribution < -0.4 is 9.64 Å². The van der Waals surface area contributed by atoms with E-state index in [-0.39, 0.29) is 5.92 Å². The number of hydrogen-bond donors (Lipinski definition) is 0. The molecule has 0 saturated heterocycles. The van der Waals surface area contributed by atoms with Crippen LogP contribution in [0.15, 0.2) is 85.5 Å². The minimum atomic E-state index is -0.232. The van der Waals surface area contributed by atoms with Crippen LogP contribution in [0.5, 0.6) is 11.8 Å². The summed E-state index contributed by atoms with van der Waals surface area (Å²) in [6.07, 6.45) is 5.31. The molecular weight excluding hydrogens is 476 g/mol. The van der Waals surface area contributed by atoms with Gasteiger partial charge in [0.25, 0.3) is 0 Å². The largest absolute Gasteiger partial charge is 0.420 e. The Morgan fingerprint density at radius 1 is 0.895 bits per heavy atom. The zero-order valence-electron chi connectivity index (χ0n) is 21.1. The van der Waals surface area contributed by atoms with Crippen molar-refractivity contribution in [1.82, 2.24) is 34.3 Å². The molecule has 0 N–H and O–H groups in total. The predicted octanol–water partition coefficient (Wildman–Crippen LogP) is 5.03. The summed E-state index contributed by atoms with van der Waals surface area (Å²) in [5.74, 6) is 1.52. The predicted molar refractivity (Wildman–Crippen MR) is 144 cm³/mol. The first-order valence-electron chi connectivity index (χ1n) is 12.3. The third kappa shape index (κ3) is 3.43. The third-order valence-corrected chi connectivity index (χ3v) is 6.88. The molecule has 0 aliphatic carbocycles. The number of ether oxygens (including phenoxy) is 1. The molecule has 9 heteroatoms. The first-order valence-corrected chi connectivity index (χ1v) is 12.3. The van der Waals surface area contributed by atoms with Crippen LogP contribution >= 0.6 is 0 Å². The van der Waals surface area contributed by atoms with Gasteiger partial charge in [0.15, 0.2) is 11.5 Å². The van der Waals surface area contributed by atoms with Crippen LogP contribution in [-0.2, 0) is 0 Å². The molecule has 2 aromatic carbocycles. The van der Waals surface area contributed by atoms with Gasteiger partial charge in [-0.15, -0.1) is 5.10 Å². The second-order valence-electron chi connectivity index (χ2n) is 9.48. The average molecular weight is 501 g/mol. The molecule has 4 aromatic heterocycles. The molecule has 9 nitrogen and oxygen atoms in total. The van der Waals surface area contributed by atoms with Gasteiger partial charge in [-0.1, -0.05) is 24.3 Å². The highest BCUT2D eigenvalue weighted by molar-refractivity contribution is 5.69. The molecule has 38 heavy (non-hydrogen) atoms. The molecule has 0 fully saturated rings. The number of pyridine rings is 1. The highest BCUT2D eigenvalue weighted by Crippen LogP contribution is 2.49. The van der Waals surface area contributed by atoms with E-state index in [0.29, 0.717) is 23.2 Å². The Morgan fingerprint density at radius 3 is 2.45 bits per heavy atom. The van der Waals surface area contributed by atoms with Crippen LogP contribution in [0, 0.1) is 6.92 Å². The van der Waals surface area contributed by atoms with E-state index in [2.05, 4.69) is 33.1 Å². The van der Waals surface area contributed by atoms with Gasteiger partial charge < -0.3 is 9.64 Å². The van der Waals surface area contributed by atoms with Gasteiger partial charge in [0, 0.05) is 37.7 Å². The maximum absolute atomic E-state index is 6.48. The fraction of sp³-hybridized carbons (Fsp3) is 0.138. The number of aromatic nitrogens is 7. The molecule has 0 unspecified atom stereocenters. The van der Waals surface area contributed by atoms with Crippen molar-refractivity contribution in [3.8, 4) is 28.8 Å². The van der Waals surface area contributed by atoms with Crippen molar-refractivity contribution in [3.63, 3.8) is 0 Å². The van der Waals surface area contributed by atoms with E-state index < -0.39 is 0 Å². The third-order valence-electron chi connectivity index (χ3n) is 6.88. The normalized spacial score (nSPS) is 14.1. The van der Waals surface area contributed by atoms with Crippen molar-refractivity contribution in [2.75, 3.05) is 19.0 Å². The Kier molecular flexibility index (Phi) is 4.97. The van der Waals surface area contributed by atoms with Gasteiger partial charge in [-0.25, -0.2) is 19.2 Å². The van der Waals surface area contributed by atoms with Gasteiger partial charge in [0.2, 0.25) is 11.8 Å². The lowest BCUT2D eigenvalue weighted by Gasteiger charge is -2.26. The summed E-state index contributed by atoms with van der Waals surface area (Å²) in [7, 11) is 4.04. The number of benzene rings is 2. The minimum Gasteiger partial charge on any atom is -0.420 e. The number of anilines is 1. The van der Waals surface area contributed by atoms with Crippen molar-refractivity contribution in [1.29, 1.82) is 0 Å². The summed E-state index contributed by atoms with van der Waals surface area (Å²) in [6, 6.07) is 22.2. The molecule has 0 amide bonds. The van der Waals surface area contributed by atoms with Gasteiger partial charge in [-0.05, 0) is 55.0 Å². The molecular formula is C29H24N8O. The van der Waals surface area contributed by atoms with E-state index >= 15 is 0 Å². The summed E-state index contributed by atoms with van der Waals surface area (Å²) in [6.45, 7) is 2.01.